The molecule has 1 aliphatic rings. The van der Waals surface area contributed by atoms with Crippen LogP contribution in [0, 0.1) is 0 Å². The Hall–Kier alpha value is -2.98. The molecule has 0 N–H and O–H groups in total. The Morgan fingerprint density at radius 2 is 1.32 bits per heavy atom. The molecule has 1 fully saturated rings. The second-order valence-electron chi connectivity index (χ2n) is 5.95. The van der Waals surface area contributed by atoms with Gasteiger partial charge in [0.25, 0.3) is 0 Å². The highest BCUT2D eigenvalue weighted by molar-refractivity contribution is 5.54. The maximum atomic E-state index is 5.70. The summed E-state index contributed by atoms with van der Waals surface area (Å²) in [6, 6.07) is 28.6. The summed E-state index contributed by atoms with van der Waals surface area (Å²) in [5, 5.41) is 8.55. The zero-order chi connectivity index (χ0) is 16.9. The largest absolute Gasteiger partial charge is 0.359 e. The van der Waals surface area contributed by atoms with Crippen molar-refractivity contribution in [2.75, 3.05) is 18.2 Å². The standard InChI is InChI=1S/C21H19N3O/c1-3-7-17(8-4-1)21-15-25-16-24(21)20-13-11-19(12-14-20)23-22-18-9-5-2-6-10-18/h1-14,21H,15-16H2. The van der Waals surface area contributed by atoms with Gasteiger partial charge in [0.15, 0.2) is 0 Å². The van der Waals surface area contributed by atoms with Crippen molar-refractivity contribution in [1.29, 1.82) is 0 Å². The molecule has 124 valence electrons. The number of nitrogens with zero attached hydrogens (tertiary/aromatic N) is 3. The van der Waals surface area contributed by atoms with Crippen LogP contribution in [0.4, 0.5) is 17.1 Å². The Labute approximate surface area is 147 Å². The third-order valence-corrected chi connectivity index (χ3v) is 4.29. The molecule has 0 amide bonds. The van der Waals surface area contributed by atoms with Crippen molar-refractivity contribution in [1.82, 2.24) is 0 Å². The first-order chi connectivity index (χ1) is 12.4. The minimum Gasteiger partial charge on any atom is -0.359 e. The van der Waals surface area contributed by atoms with E-state index in [-0.39, 0.29) is 6.04 Å². The van der Waals surface area contributed by atoms with E-state index in [4.69, 9.17) is 4.74 Å². The molecule has 0 bridgehead atoms. The number of hydrogen-bond donors (Lipinski definition) is 0. The van der Waals surface area contributed by atoms with Crippen molar-refractivity contribution < 1.29 is 4.74 Å². The van der Waals surface area contributed by atoms with Gasteiger partial charge in [-0.3, -0.25) is 0 Å². The maximum absolute atomic E-state index is 5.70. The summed E-state index contributed by atoms with van der Waals surface area (Å²) in [5.74, 6) is 0. The van der Waals surface area contributed by atoms with Crippen molar-refractivity contribution in [3.8, 4) is 0 Å². The van der Waals surface area contributed by atoms with Gasteiger partial charge in [0.2, 0.25) is 0 Å². The molecule has 1 unspecified atom stereocenters. The Balaban J connectivity index is 1.51. The SMILES string of the molecule is c1ccc(N=Nc2ccc(N3COCC3c3ccccc3)cc2)cc1. The van der Waals surface area contributed by atoms with E-state index in [0.717, 1.165) is 17.1 Å². The molecule has 0 radical (unpaired) electrons. The second kappa shape index (κ2) is 7.28. The Bertz CT molecular complexity index is 832. The molecular formula is C21H19N3O. The number of hydrogen-bond acceptors (Lipinski definition) is 4. The molecule has 1 saturated heterocycles. The van der Waals surface area contributed by atoms with Gasteiger partial charge in [-0.05, 0) is 42.0 Å². The first-order valence-corrected chi connectivity index (χ1v) is 8.36. The molecule has 0 aromatic heterocycles. The molecule has 4 rings (SSSR count). The summed E-state index contributed by atoms with van der Waals surface area (Å²) < 4.78 is 5.70. The van der Waals surface area contributed by atoms with Crippen LogP contribution < -0.4 is 4.90 Å². The van der Waals surface area contributed by atoms with Crippen LogP contribution in [0.5, 0.6) is 0 Å². The maximum Gasteiger partial charge on any atom is 0.119 e. The molecule has 1 aliphatic heterocycles. The van der Waals surface area contributed by atoms with Crippen molar-refractivity contribution in [2.45, 2.75) is 6.04 Å². The van der Waals surface area contributed by atoms with Gasteiger partial charge < -0.3 is 9.64 Å². The van der Waals surface area contributed by atoms with Gasteiger partial charge in [0.05, 0.1) is 24.0 Å². The quantitative estimate of drug-likeness (QED) is 0.581. The highest BCUT2D eigenvalue weighted by Gasteiger charge is 2.26. The van der Waals surface area contributed by atoms with Crippen LogP contribution in [0.3, 0.4) is 0 Å². The number of ether oxygens (including phenoxy) is 1. The number of rotatable bonds is 4. The normalized spacial score (nSPS) is 17.3. The fourth-order valence-corrected chi connectivity index (χ4v) is 2.97. The topological polar surface area (TPSA) is 37.2 Å². The monoisotopic (exact) mass is 329 g/mol. The lowest BCUT2D eigenvalue weighted by Gasteiger charge is -2.25. The van der Waals surface area contributed by atoms with E-state index < -0.39 is 0 Å². The lowest BCUT2D eigenvalue weighted by Crippen LogP contribution is -2.23. The lowest BCUT2D eigenvalue weighted by molar-refractivity contribution is 0.194. The van der Waals surface area contributed by atoms with Crippen LogP contribution in [0.2, 0.25) is 0 Å². The van der Waals surface area contributed by atoms with E-state index in [9.17, 15) is 0 Å². The zero-order valence-electron chi connectivity index (χ0n) is 13.8. The molecule has 3 aromatic rings. The van der Waals surface area contributed by atoms with E-state index in [1.54, 1.807) is 0 Å². The van der Waals surface area contributed by atoms with E-state index in [0.29, 0.717) is 13.3 Å². The van der Waals surface area contributed by atoms with E-state index in [2.05, 4.69) is 51.5 Å². The predicted octanol–water partition coefficient (Wildman–Crippen LogP) is 5.64. The summed E-state index contributed by atoms with van der Waals surface area (Å²) in [6.45, 7) is 1.31. The molecule has 1 atom stereocenters. The van der Waals surface area contributed by atoms with Gasteiger partial charge in [0, 0.05) is 5.69 Å². The van der Waals surface area contributed by atoms with Crippen molar-refractivity contribution in [2.24, 2.45) is 10.2 Å². The molecule has 0 spiro atoms. The molecule has 3 aromatic carbocycles. The van der Waals surface area contributed by atoms with Crippen LogP contribution >= 0.6 is 0 Å². The van der Waals surface area contributed by atoms with Gasteiger partial charge in [0.1, 0.15) is 6.73 Å². The molecular weight excluding hydrogens is 310 g/mol. The van der Waals surface area contributed by atoms with Crippen molar-refractivity contribution in [3.05, 3.63) is 90.5 Å². The first-order valence-electron chi connectivity index (χ1n) is 8.36. The molecule has 1 heterocycles. The Morgan fingerprint density at radius 3 is 2.00 bits per heavy atom. The van der Waals surface area contributed by atoms with Crippen LogP contribution in [0.15, 0.2) is 95.2 Å². The summed E-state index contributed by atoms with van der Waals surface area (Å²) in [6.07, 6.45) is 0. The van der Waals surface area contributed by atoms with Gasteiger partial charge in [-0.15, -0.1) is 0 Å². The lowest BCUT2D eigenvalue weighted by atomic mass is 10.1. The summed E-state index contributed by atoms with van der Waals surface area (Å²) in [7, 11) is 0. The van der Waals surface area contributed by atoms with Gasteiger partial charge in [-0.25, -0.2) is 0 Å². The Morgan fingerprint density at radius 1 is 0.720 bits per heavy atom. The van der Waals surface area contributed by atoms with Crippen LogP contribution in [-0.2, 0) is 4.74 Å². The molecule has 4 nitrogen and oxygen atoms in total. The van der Waals surface area contributed by atoms with Crippen LogP contribution in [0.1, 0.15) is 11.6 Å². The smallest absolute Gasteiger partial charge is 0.119 e. The zero-order valence-corrected chi connectivity index (χ0v) is 13.8. The summed E-state index contributed by atoms with van der Waals surface area (Å²) in [5.41, 5.74) is 4.09. The molecule has 25 heavy (non-hydrogen) atoms. The Kier molecular flexibility index (Phi) is 4.53. The van der Waals surface area contributed by atoms with E-state index in [1.807, 2.05) is 48.5 Å². The average molecular weight is 329 g/mol. The van der Waals surface area contributed by atoms with E-state index >= 15 is 0 Å². The summed E-state index contributed by atoms with van der Waals surface area (Å²) >= 11 is 0. The minimum absolute atomic E-state index is 0.248. The molecule has 0 saturated carbocycles. The average Bonchev–Trinajstić information content (AvgIpc) is 3.18. The number of benzene rings is 3. The van der Waals surface area contributed by atoms with Crippen LogP contribution in [0.25, 0.3) is 0 Å². The van der Waals surface area contributed by atoms with Crippen molar-refractivity contribution >= 4 is 17.1 Å². The minimum atomic E-state index is 0.248. The predicted molar refractivity (Wildman–Crippen MR) is 99.5 cm³/mol. The highest BCUT2D eigenvalue weighted by Crippen LogP contribution is 2.32. The van der Waals surface area contributed by atoms with Gasteiger partial charge in [-0.2, -0.15) is 10.2 Å². The second-order valence-corrected chi connectivity index (χ2v) is 5.95. The van der Waals surface area contributed by atoms with Crippen LogP contribution in [-0.4, -0.2) is 13.3 Å². The number of azo groups is 1. The van der Waals surface area contributed by atoms with Gasteiger partial charge >= 0.3 is 0 Å². The third kappa shape index (κ3) is 3.59. The summed E-state index contributed by atoms with van der Waals surface area (Å²) in [4.78, 5) is 2.27. The highest BCUT2D eigenvalue weighted by atomic mass is 16.5. The van der Waals surface area contributed by atoms with E-state index in [1.165, 1.54) is 5.56 Å². The fraction of sp³-hybridized carbons (Fsp3) is 0.143. The third-order valence-electron chi connectivity index (χ3n) is 4.29. The number of anilines is 1. The molecule has 4 heteroatoms. The van der Waals surface area contributed by atoms with Gasteiger partial charge in [-0.1, -0.05) is 48.5 Å². The first kappa shape index (κ1) is 15.5. The fourth-order valence-electron chi connectivity index (χ4n) is 2.97. The molecule has 0 aliphatic carbocycles. The van der Waals surface area contributed by atoms with Crippen molar-refractivity contribution in [3.63, 3.8) is 0 Å².